The second kappa shape index (κ2) is 5.75. The van der Waals surface area contributed by atoms with Crippen LogP contribution in [0.3, 0.4) is 0 Å². The number of benzene rings is 1. The molecule has 1 heterocycles. The summed E-state index contributed by atoms with van der Waals surface area (Å²) < 4.78 is 27.4. The summed E-state index contributed by atoms with van der Waals surface area (Å²) in [5, 5.41) is 0. The van der Waals surface area contributed by atoms with Crippen LogP contribution in [0.4, 0.5) is 5.69 Å². The van der Waals surface area contributed by atoms with Gasteiger partial charge >= 0.3 is 0 Å². The van der Waals surface area contributed by atoms with Crippen molar-refractivity contribution in [2.24, 2.45) is 11.7 Å². The molecule has 0 fully saturated rings. The minimum atomic E-state index is -3.63. The average Bonchev–Trinajstić information content (AvgIpc) is 2.70. The maximum atomic E-state index is 12.4. The van der Waals surface area contributed by atoms with Crippen molar-refractivity contribution in [3.8, 4) is 0 Å². The summed E-state index contributed by atoms with van der Waals surface area (Å²) in [5.41, 5.74) is 7.10. The lowest BCUT2D eigenvalue weighted by molar-refractivity contribution is -0.117. The van der Waals surface area contributed by atoms with Crippen molar-refractivity contribution >= 4 is 21.6 Å². The summed E-state index contributed by atoms with van der Waals surface area (Å²) in [6.45, 7) is 4.07. The Kier molecular flexibility index (Phi) is 4.36. The molecule has 1 aliphatic heterocycles. The van der Waals surface area contributed by atoms with Crippen LogP contribution in [0.1, 0.15) is 19.4 Å². The number of fused-ring (bicyclic) bond motifs is 1. The Morgan fingerprint density at radius 2 is 2.05 bits per heavy atom. The summed E-state index contributed by atoms with van der Waals surface area (Å²) in [5.74, 6) is 0.0708. The molecular weight excluding hydrogens is 290 g/mol. The summed E-state index contributed by atoms with van der Waals surface area (Å²) >= 11 is 0. The summed E-state index contributed by atoms with van der Waals surface area (Å²) in [4.78, 5) is 13.4. The number of likely N-dealkylation sites (N-methyl/N-ethyl adjacent to an activating group) is 1. The molecule has 1 aromatic carbocycles. The maximum Gasteiger partial charge on any atom is 0.240 e. The molecule has 1 aromatic rings. The summed E-state index contributed by atoms with van der Waals surface area (Å²) in [6, 6.07) is 4.44. The molecule has 0 aliphatic carbocycles. The Morgan fingerprint density at radius 3 is 2.62 bits per heavy atom. The molecule has 2 rings (SSSR count). The van der Waals surface area contributed by atoms with Gasteiger partial charge in [0.1, 0.15) is 0 Å². The lowest BCUT2D eigenvalue weighted by Crippen LogP contribution is -2.43. The number of nitrogens with one attached hydrogen (secondary N) is 1. The van der Waals surface area contributed by atoms with Crippen LogP contribution in [-0.2, 0) is 21.2 Å². The van der Waals surface area contributed by atoms with Crippen LogP contribution < -0.4 is 15.4 Å². The first-order valence-corrected chi connectivity index (χ1v) is 8.36. The molecule has 0 radical (unpaired) electrons. The lowest BCUT2D eigenvalue weighted by Gasteiger charge is -2.20. The van der Waals surface area contributed by atoms with E-state index in [1.54, 1.807) is 19.2 Å². The summed E-state index contributed by atoms with van der Waals surface area (Å²) in [7, 11) is -1.95. The van der Waals surface area contributed by atoms with Gasteiger partial charge in [-0.15, -0.1) is 0 Å². The van der Waals surface area contributed by atoms with Crippen molar-refractivity contribution in [2.75, 3.05) is 18.5 Å². The molecule has 6 nitrogen and oxygen atoms in total. The van der Waals surface area contributed by atoms with Gasteiger partial charge in [-0.2, -0.15) is 0 Å². The van der Waals surface area contributed by atoms with Crippen LogP contribution in [-0.4, -0.2) is 34.0 Å². The Bertz CT molecular complexity index is 655. The predicted molar refractivity (Wildman–Crippen MR) is 81.6 cm³/mol. The first-order valence-electron chi connectivity index (χ1n) is 6.88. The predicted octanol–water partition coefficient (Wildman–Crippen LogP) is 0.467. The molecule has 21 heavy (non-hydrogen) atoms. The second-order valence-electron chi connectivity index (χ2n) is 5.63. The number of hydrogen-bond acceptors (Lipinski definition) is 4. The first kappa shape index (κ1) is 15.9. The topological polar surface area (TPSA) is 92.5 Å². The molecule has 1 atom stereocenters. The number of nitrogens with zero attached hydrogens (tertiary/aromatic N) is 1. The fourth-order valence-electron chi connectivity index (χ4n) is 2.34. The van der Waals surface area contributed by atoms with E-state index in [2.05, 4.69) is 4.72 Å². The highest BCUT2D eigenvalue weighted by molar-refractivity contribution is 7.89. The third-order valence-electron chi connectivity index (χ3n) is 3.80. The van der Waals surface area contributed by atoms with E-state index in [-0.39, 0.29) is 35.7 Å². The second-order valence-corrected chi connectivity index (χ2v) is 7.34. The van der Waals surface area contributed by atoms with E-state index in [1.807, 2.05) is 13.8 Å². The maximum absolute atomic E-state index is 12.4. The fourth-order valence-corrected chi connectivity index (χ4v) is 3.79. The van der Waals surface area contributed by atoms with E-state index in [9.17, 15) is 13.2 Å². The van der Waals surface area contributed by atoms with Crippen LogP contribution in [0.15, 0.2) is 23.1 Å². The molecule has 7 heteroatoms. The number of hydrogen-bond donors (Lipinski definition) is 2. The smallest absolute Gasteiger partial charge is 0.240 e. The van der Waals surface area contributed by atoms with Crippen LogP contribution in [0.25, 0.3) is 0 Å². The van der Waals surface area contributed by atoms with Gasteiger partial charge in [-0.3, -0.25) is 4.79 Å². The van der Waals surface area contributed by atoms with E-state index in [0.717, 1.165) is 11.3 Å². The molecule has 0 bridgehead atoms. The van der Waals surface area contributed by atoms with Crippen molar-refractivity contribution in [2.45, 2.75) is 31.2 Å². The fraction of sp³-hybridized carbons (Fsp3) is 0.500. The number of carbonyl (C=O) groups is 1. The first-order chi connectivity index (χ1) is 9.76. The van der Waals surface area contributed by atoms with Gasteiger partial charge in [-0.25, -0.2) is 13.1 Å². The van der Waals surface area contributed by atoms with E-state index < -0.39 is 10.0 Å². The van der Waals surface area contributed by atoms with Crippen LogP contribution >= 0.6 is 0 Å². The Morgan fingerprint density at radius 1 is 1.38 bits per heavy atom. The molecule has 0 aromatic heterocycles. The highest BCUT2D eigenvalue weighted by atomic mass is 32.2. The van der Waals surface area contributed by atoms with Gasteiger partial charge in [0.05, 0.1) is 11.3 Å². The van der Waals surface area contributed by atoms with Gasteiger partial charge in [0, 0.05) is 25.3 Å². The zero-order valence-corrected chi connectivity index (χ0v) is 13.3. The van der Waals surface area contributed by atoms with Crippen LogP contribution in [0.5, 0.6) is 0 Å². The zero-order chi connectivity index (χ0) is 15.8. The van der Waals surface area contributed by atoms with Gasteiger partial charge in [0.2, 0.25) is 15.9 Å². The average molecular weight is 311 g/mol. The molecule has 1 unspecified atom stereocenters. The molecule has 0 saturated heterocycles. The molecule has 1 aliphatic rings. The SMILES string of the molecule is CC(C)C(CN)NS(=O)(=O)c1ccc2c(c1)CC(=O)N2C. The van der Waals surface area contributed by atoms with Crippen molar-refractivity contribution in [1.82, 2.24) is 4.72 Å². The normalized spacial score (nSPS) is 16.4. The van der Waals surface area contributed by atoms with Crippen LogP contribution in [0.2, 0.25) is 0 Å². The van der Waals surface area contributed by atoms with E-state index in [0.29, 0.717) is 0 Å². The van der Waals surface area contributed by atoms with Gasteiger partial charge in [0.25, 0.3) is 0 Å². The van der Waals surface area contributed by atoms with E-state index in [4.69, 9.17) is 5.73 Å². The molecule has 0 saturated carbocycles. The number of sulfonamides is 1. The number of amides is 1. The Hall–Kier alpha value is -1.44. The highest BCUT2D eigenvalue weighted by Gasteiger charge is 2.27. The van der Waals surface area contributed by atoms with Gasteiger partial charge in [-0.1, -0.05) is 13.8 Å². The molecular formula is C14H21N3O3S. The minimum absolute atomic E-state index is 0.0328. The van der Waals surface area contributed by atoms with Crippen molar-refractivity contribution in [3.05, 3.63) is 23.8 Å². The Labute approximate surface area is 125 Å². The van der Waals surface area contributed by atoms with Crippen molar-refractivity contribution in [1.29, 1.82) is 0 Å². The summed E-state index contributed by atoms with van der Waals surface area (Å²) in [6.07, 6.45) is 0.236. The van der Waals surface area contributed by atoms with Gasteiger partial charge in [0.15, 0.2) is 0 Å². The largest absolute Gasteiger partial charge is 0.329 e. The van der Waals surface area contributed by atoms with Crippen LogP contribution in [0, 0.1) is 5.92 Å². The molecule has 1 amide bonds. The monoisotopic (exact) mass is 311 g/mol. The quantitative estimate of drug-likeness (QED) is 0.826. The molecule has 116 valence electrons. The third-order valence-corrected chi connectivity index (χ3v) is 5.29. The minimum Gasteiger partial charge on any atom is -0.329 e. The number of carbonyl (C=O) groups excluding carboxylic acids is 1. The van der Waals surface area contributed by atoms with Gasteiger partial charge in [-0.05, 0) is 29.7 Å². The van der Waals surface area contributed by atoms with Crippen molar-refractivity contribution < 1.29 is 13.2 Å². The van der Waals surface area contributed by atoms with Crippen molar-refractivity contribution in [3.63, 3.8) is 0 Å². The van der Waals surface area contributed by atoms with Gasteiger partial charge < -0.3 is 10.6 Å². The molecule has 0 spiro atoms. The number of nitrogens with two attached hydrogens (primary N) is 1. The standard InChI is InChI=1S/C14H21N3O3S/c1-9(2)12(8-15)16-21(19,20)11-4-5-13-10(6-11)7-14(18)17(13)3/h4-6,9,12,16H,7-8,15H2,1-3H3. The highest BCUT2D eigenvalue weighted by Crippen LogP contribution is 2.29. The molecule has 3 N–H and O–H groups in total. The van der Waals surface area contributed by atoms with E-state index in [1.165, 1.54) is 11.0 Å². The number of anilines is 1. The lowest BCUT2D eigenvalue weighted by atomic mass is 10.1. The zero-order valence-electron chi connectivity index (χ0n) is 12.5. The van der Waals surface area contributed by atoms with E-state index >= 15 is 0 Å². The Balaban J connectivity index is 2.30. The number of rotatable bonds is 5. The third kappa shape index (κ3) is 3.09.